The largest absolute Gasteiger partial charge is 0.392 e. The highest BCUT2D eigenvalue weighted by atomic mass is 32.2. The van der Waals surface area contributed by atoms with E-state index in [0.717, 1.165) is 29.9 Å². The quantitative estimate of drug-likeness (QED) is 0.556. The highest BCUT2D eigenvalue weighted by Gasteiger charge is 2.48. The maximum absolute atomic E-state index is 14.4. The molecule has 3 amide bonds. The molecule has 6 nitrogen and oxygen atoms in total. The second-order valence-corrected chi connectivity index (χ2v) is 11.5. The molecule has 37 heavy (non-hydrogen) atoms. The number of piperidine rings is 1. The summed E-state index contributed by atoms with van der Waals surface area (Å²) in [5.74, 6) is 0.623. The molecule has 5 rings (SSSR count). The molecule has 1 aromatic rings. The van der Waals surface area contributed by atoms with E-state index >= 15 is 0 Å². The Labute approximate surface area is 221 Å². The van der Waals surface area contributed by atoms with Gasteiger partial charge in [-0.15, -0.1) is 0 Å². The van der Waals surface area contributed by atoms with E-state index in [-0.39, 0.29) is 42.3 Å². The van der Waals surface area contributed by atoms with Gasteiger partial charge in [-0.2, -0.15) is 11.8 Å². The van der Waals surface area contributed by atoms with Crippen LogP contribution >= 0.6 is 11.8 Å². The van der Waals surface area contributed by atoms with Crippen LogP contribution in [0.25, 0.3) is 0 Å². The van der Waals surface area contributed by atoms with Crippen molar-refractivity contribution in [2.45, 2.75) is 63.6 Å². The fraction of sp³-hybridized carbons (Fsp3) is 0.483. The molecule has 2 aliphatic heterocycles. The van der Waals surface area contributed by atoms with Gasteiger partial charge in [0.2, 0.25) is 5.91 Å². The molecule has 2 N–H and O–H groups in total. The molecule has 2 aliphatic carbocycles. The smallest absolute Gasteiger partial charge is 0.261 e. The lowest BCUT2D eigenvalue weighted by molar-refractivity contribution is -0.151. The fourth-order valence-electron chi connectivity index (χ4n) is 6.04. The van der Waals surface area contributed by atoms with Crippen LogP contribution in [0.1, 0.15) is 60.9 Å². The summed E-state index contributed by atoms with van der Waals surface area (Å²) in [6.45, 7) is -0.0719. The molecule has 0 aromatic heterocycles. The van der Waals surface area contributed by atoms with Crippen molar-refractivity contribution in [3.8, 4) is 0 Å². The average Bonchev–Trinajstić information content (AvgIpc) is 3.12. The van der Waals surface area contributed by atoms with Crippen LogP contribution in [0.3, 0.4) is 0 Å². The van der Waals surface area contributed by atoms with E-state index in [4.69, 9.17) is 0 Å². The number of carbonyl (C=O) groups is 3. The Balaban J connectivity index is 1.30. The molecule has 3 fully saturated rings. The van der Waals surface area contributed by atoms with Gasteiger partial charge >= 0.3 is 0 Å². The van der Waals surface area contributed by atoms with E-state index in [1.165, 1.54) is 17.1 Å². The summed E-state index contributed by atoms with van der Waals surface area (Å²) in [6.07, 6.45) is 9.38. The summed E-state index contributed by atoms with van der Waals surface area (Å²) in [5.41, 5.74) is 2.32. The second kappa shape index (κ2) is 11.4. The predicted molar refractivity (Wildman–Crippen MR) is 141 cm³/mol. The maximum Gasteiger partial charge on any atom is 0.261 e. The first-order valence-electron chi connectivity index (χ1n) is 13.2. The third-order valence-electron chi connectivity index (χ3n) is 8.06. The third-order valence-corrected chi connectivity index (χ3v) is 9.11. The molecule has 1 aromatic carbocycles. The number of fused-ring (bicyclic) bond motifs is 1. The highest BCUT2D eigenvalue weighted by Crippen LogP contribution is 2.43. The number of nitrogens with zero attached hydrogens (tertiary/aromatic N) is 1. The van der Waals surface area contributed by atoms with Crippen LogP contribution in [0.2, 0.25) is 0 Å². The average molecular weight is 525 g/mol. The van der Waals surface area contributed by atoms with Crippen molar-refractivity contribution >= 4 is 29.5 Å². The molecule has 1 saturated carbocycles. The van der Waals surface area contributed by atoms with Crippen LogP contribution in [0.15, 0.2) is 59.5 Å². The molecule has 1 atom stereocenters. The van der Waals surface area contributed by atoms with Gasteiger partial charge in [-0.3, -0.25) is 19.3 Å². The molecule has 8 heteroatoms. The van der Waals surface area contributed by atoms with Crippen molar-refractivity contribution in [2.24, 2.45) is 11.8 Å². The highest BCUT2D eigenvalue weighted by molar-refractivity contribution is 7.99. The lowest BCUT2D eigenvalue weighted by atomic mass is 9.74. The summed E-state index contributed by atoms with van der Waals surface area (Å²) >= 11 is 1.89. The lowest BCUT2D eigenvalue weighted by Crippen LogP contribution is -2.55. The lowest BCUT2D eigenvalue weighted by Gasteiger charge is -2.44. The van der Waals surface area contributed by atoms with E-state index in [0.29, 0.717) is 48.8 Å². The number of thioether (sulfide) groups is 1. The van der Waals surface area contributed by atoms with Crippen LogP contribution in [-0.4, -0.2) is 51.3 Å². The van der Waals surface area contributed by atoms with Crippen molar-refractivity contribution in [3.05, 3.63) is 70.6 Å². The monoisotopic (exact) mass is 524 g/mol. The predicted octanol–water partition coefficient (Wildman–Crippen LogP) is 4.46. The van der Waals surface area contributed by atoms with E-state index in [1.807, 2.05) is 17.8 Å². The number of rotatable bonds is 5. The zero-order valence-electron chi connectivity index (χ0n) is 20.8. The van der Waals surface area contributed by atoms with Crippen molar-refractivity contribution in [3.63, 3.8) is 0 Å². The van der Waals surface area contributed by atoms with Crippen LogP contribution in [0, 0.1) is 11.8 Å². The van der Waals surface area contributed by atoms with Gasteiger partial charge in [0.05, 0.1) is 12.5 Å². The molecule has 1 unspecified atom stereocenters. The molecule has 196 valence electrons. The first-order chi connectivity index (χ1) is 18.0. The molecule has 0 spiro atoms. The number of aliphatic hydroxyl groups excluding tert-OH is 1. The first kappa shape index (κ1) is 25.9. The van der Waals surface area contributed by atoms with Crippen LogP contribution in [0.4, 0.5) is 4.39 Å². The summed E-state index contributed by atoms with van der Waals surface area (Å²) in [4.78, 5) is 41.6. The Morgan fingerprint density at radius 3 is 2.41 bits per heavy atom. The number of likely N-dealkylation sites (tertiary alicyclic amines) is 1. The minimum atomic E-state index is -0.430. The minimum Gasteiger partial charge on any atom is -0.392 e. The SMILES string of the molecule is O=C(NC1CCC(N2C(=O)C3=CC(F)=CCC=C3C(C3CCSCC3)C2=O)CC1)c1ccc(CO)cc1. The molecule has 0 bridgehead atoms. The summed E-state index contributed by atoms with van der Waals surface area (Å²) in [6, 6.07) is 6.54. The summed E-state index contributed by atoms with van der Waals surface area (Å²) in [5, 5.41) is 12.3. The van der Waals surface area contributed by atoms with Crippen LogP contribution < -0.4 is 5.32 Å². The normalized spacial score (nSPS) is 27.0. The summed E-state index contributed by atoms with van der Waals surface area (Å²) in [7, 11) is 0. The molecule has 2 heterocycles. The number of benzene rings is 1. The molecule has 2 saturated heterocycles. The molecule has 0 radical (unpaired) electrons. The molecular formula is C29H33FN2O4S. The van der Waals surface area contributed by atoms with Crippen LogP contribution in [-0.2, 0) is 16.2 Å². The van der Waals surface area contributed by atoms with E-state index in [9.17, 15) is 23.9 Å². The number of hydrogen-bond donors (Lipinski definition) is 2. The van der Waals surface area contributed by atoms with Gasteiger partial charge in [-0.25, -0.2) is 4.39 Å². The Morgan fingerprint density at radius 1 is 1.03 bits per heavy atom. The minimum absolute atomic E-state index is 0.0460. The van der Waals surface area contributed by atoms with Crippen molar-refractivity contribution < 1.29 is 23.9 Å². The zero-order chi connectivity index (χ0) is 25.9. The Hall–Kier alpha value is -2.71. The number of amides is 3. The topological polar surface area (TPSA) is 86.7 Å². The molecular weight excluding hydrogens is 491 g/mol. The van der Waals surface area contributed by atoms with Crippen molar-refractivity contribution in [2.75, 3.05) is 11.5 Å². The first-order valence-corrected chi connectivity index (χ1v) is 14.4. The van der Waals surface area contributed by atoms with Gasteiger partial charge in [-0.05, 0) is 97.8 Å². The Kier molecular flexibility index (Phi) is 7.95. The third kappa shape index (κ3) is 5.46. The Morgan fingerprint density at radius 2 is 1.73 bits per heavy atom. The zero-order valence-corrected chi connectivity index (χ0v) is 21.6. The number of carbonyl (C=O) groups excluding carboxylic acids is 3. The van der Waals surface area contributed by atoms with Gasteiger partial charge < -0.3 is 10.4 Å². The fourth-order valence-corrected chi connectivity index (χ4v) is 7.18. The van der Waals surface area contributed by atoms with Crippen molar-refractivity contribution in [1.29, 1.82) is 0 Å². The summed E-state index contributed by atoms with van der Waals surface area (Å²) < 4.78 is 14.4. The van der Waals surface area contributed by atoms with Gasteiger partial charge in [0, 0.05) is 23.2 Å². The molecule has 4 aliphatic rings. The van der Waals surface area contributed by atoms with E-state index in [1.54, 1.807) is 24.3 Å². The Bertz CT molecular complexity index is 1140. The van der Waals surface area contributed by atoms with Gasteiger partial charge in [0.1, 0.15) is 5.83 Å². The number of aliphatic hydroxyl groups is 1. The number of hydrogen-bond acceptors (Lipinski definition) is 5. The maximum atomic E-state index is 14.4. The number of allylic oxidation sites excluding steroid dienone is 4. The van der Waals surface area contributed by atoms with Crippen LogP contribution in [0.5, 0.6) is 0 Å². The van der Waals surface area contributed by atoms with Gasteiger partial charge in [0.25, 0.3) is 11.8 Å². The number of imide groups is 1. The standard InChI is InChI=1S/C29H33FN2O4S/c30-21-2-1-3-24-25(16-21)28(35)32(29(36)26(24)19-12-14-37-15-13-19)23-10-8-22(9-11-23)31-27(34)20-6-4-18(17-33)5-7-20/h2-7,16,19,22-23,26,33H,1,8-15,17H2,(H,31,34). The number of halogens is 1. The van der Waals surface area contributed by atoms with Gasteiger partial charge in [0.15, 0.2) is 0 Å². The number of nitrogens with one attached hydrogen (secondary N) is 1. The van der Waals surface area contributed by atoms with E-state index in [2.05, 4.69) is 5.32 Å². The second-order valence-electron chi connectivity index (χ2n) is 10.3. The van der Waals surface area contributed by atoms with E-state index < -0.39 is 11.7 Å². The van der Waals surface area contributed by atoms with Crippen molar-refractivity contribution in [1.82, 2.24) is 10.2 Å². The van der Waals surface area contributed by atoms with Gasteiger partial charge in [-0.1, -0.05) is 18.2 Å².